The van der Waals surface area contributed by atoms with Crippen molar-refractivity contribution in [1.82, 2.24) is 10.6 Å². The highest BCUT2D eigenvalue weighted by molar-refractivity contribution is 5.81. The fourth-order valence-corrected chi connectivity index (χ4v) is 1.85. The van der Waals surface area contributed by atoms with Crippen LogP contribution >= 0.6 is 0 Å². The van der Waals surface area contributed by atoms with Gasteiger partial charge in [-0.05, 0) is 18.4 Å². The average Bonchev–Trinajstić information content (AvgIpc) is 3.18. The average molecular weight is 248 g/mol. The number of amides is 2. The monoisotopic (exact) mass is 248 g/mol. The number of carbonyl (C=O) groups is 2. The van der Waals surface area contributed by atoms with Gasteiger partial charge in [-0.25, -0.2) is 4.79 Å². The minimum absolute atomic E-state index is 0.118. The van der Waals surface area contributed by atoms with E-state index in [1.165, 1.54) is 7.11 Å². The molecule has 0 heterocycles. The standard InChI is InChI=1S/C13H16N2O3/c1-18-11(16)9-14-12(17)15-13(7-8-13)10-5-3-2-4-6-10/h2-6H,7-9H2,1H3,(H2,14,15,17). The molecule has 0 aliphatic heterocycles. The summed E-state index contributed by atoms with van der Waals surface area (Å²) in [5.74, 6) is -0.463. The number of esters is 1. The molecule has 0 unspecified atom stereocenters. The topological polar surface area (TPSA) is 67.4 Å². The summed E-state index contributed by atoms with van der Waals surface area (Å²) < 4.78 is 4.45. The molecule has 5 heteroatoms. The molecule has 2 N–H and O–H groups in total. The van der Waals surface area contributed by atoms with Gasteiger partial charge in [0.25, 0.3) is 0 Å². The van der Waals surface area contributed by atoms with Crippen molar-refractivity contribution in [2.45, 2.75) is 18.4 Å². The fourth-order valence-electron chi connectivity index (χ4n) is 1.85. The van der Waals surface area contributed by atoms with Gasteiger partial charge in [-0.2, -0.15) is 0 Å². The molecular weight excluding hydrogens is 232 g/mol. The molecule has 0 atom stereocenters. The lowest BCUT2D eigenvalue weighted by atomic mass is 10.1. The molecule has 0 bridgehead atoms. The molecular formula is C13H16N2O3. The number of benzene rings is 1. The maximum atomic E-state index is 11.7. The summed E-state index contributed by atoms with van der Waals surface area (Å²) in [6.07, 6.45) is 1.84. The Morgan fingerprint density at radius 1 is 1.28 bits per heavy atom. The molecule has 5 nitrogen and oxygen atoms in total. The van der Waals surface area contributed by atoms with Crippen LogP contribution in [-0.2, 0) is 15.1 Å². The van der Waals surface area contributed by atoms with Gasteiger partial charge in [0.1, 0.15) is 6.54 Å². The van der Waals surface area contributed by atoms with Crippen molar-refractivity contribution >= 4 is 12.0 Å². The van der Waals surface area contributed by atoms with E-state index in [9.17, 15) is 9.59 Å². The number of carbonyl (C=O) groups excluding carboxylic acids is 2. The van der Waals surface area contributed by atoms with E-state index in [4.69, 9.17) is 0 Å². The Balaban J connectivity index is 1.90. The summed E-state index contributed by atoms with van der Waals surface area (Å²) in [5, 5.41) is 5.38. The van der Waals surface area contributed by atoms with Crippen LogP contribution in [0.2, 0.25) is 0 Å². The van der Waals surface area contributed by atoms with Gasteiger partial charge in [-0.1, -0.05) is 30.3 Å². The summed E-state index contributed by atoms with van der Waals surface area (Å²) in [6, 6.07) is 9.48. The first-order valence-corrected chi connectivity index (χ1v) is 5.85. The first kappa shape index (κ1) is 12.4. The van der Waals surface area contributed by atoms with Gasteiger partial charge >= 0.3 is 12.0 Å². The van der Waals surface area contributed by atoms with Crippen molar-refractivity contribution in [2.24, 2.45) is 0 Å². The molecule has 1 aromatic carbocycles. The Labute approximate surface area is 106 Å². The second kappa shape index (κ2) is 5.08. The van der Waals surface area contributed by atoms with Crippen LogP contribution in [0, 0.1) is 0 Å². The first-order chi connectivity index (χ1) is 8.66. The molecule has 96 valence electrons. The zero-order valence-corrected chi connectivity index (χ0v) is 10.2. The van der Waals surface area contributed by atoms with Gasteiger partial charge in [-0.15, -0.1) is 0 Å². The molecule has 0 radical (unpaired) electrons. The maximum Gasteiger partial charge on any atom is 0.325 e. The molecule has 2 rings (SSSR count). The Morgan fingerprint density at radius 3 is 2.50 bits per heavy atom. The highest BCUT2D eigenvalue weighted by Crippen LogP contribution is 2.45. The van der Waals surface area contributed by atoms with Gasteiger partial charge in [0, 0.05) is 0 Å². The third kappa shape index (κ3) is 2.80. The molecule has 0 spiro atoms. The minimum atomic E-state index is -0.463. The van der Waals surface area contributed by atoms with E-state index in [0.29, 0.717) is 0 Å². The van der Waals surface area contributed by atoms with Crippen LogP contribution in [0.4, 0.5) is 4.79 Å². The zero-order valence-electron chi connectivity index (χ0n) is 10.2. The molecule has 1 aliphatic carbocycles. The summed E-state index contributed by atoms with van der Waals surface area (Å²) in [4.78, 5) is 22.6. The molecule has 1 aromatic rings. The Kier molecular flexibility index (Phi) is 3.50. The molecule has 1 fully saturated rings. The van der Waals surface area contributed by atoms with Crippen LogP contribution < -0.4 is 10.6 Å². The van der Waals surface area contributed by atoms with Crippen molar-refractivity contribution in [3.63, 3.8) is 0 Å². The second-order valence-electron chi connectivity index (χ2n) is 4.33. The predicted octanol–water partition coefficient (Wildman–Crippen LogP) is 1.15. The molecule has 1 saturated carbocycles. The summed E-state index contributed by atoms with van der Waals surface area (Å²) >= 11 is 0. The van der Waals surface area contributed by atoms with Crippen molar-refractivity contribution in [2.75, 3.05) is 13.7 Å². The fraction of sp³-hybridized carbons (Fsp3) is 0.385. The van der Waals surface area contributed by atoms with Crippen LogP contribution in [0.25, 0.3) is 0 Å². The van der Waals surface area contributed by atoms with Crippen LogP contribution in [0.3, 0.4) is 0 Å². The Hall–Kier alpha value is -2.04. The van der Waals surface area contributed by atoms with Gasteiger partial charge in [0.15, 0.2) is 0 Å². The normalized spacial score (nSPS) is 15.6. The van der Waals surface area contributed by atoms with Gasteiger partial charge in [0.05, 0.1) is 12.6 Å². The number of urea groups is 1. The van der Waals surface area contributed by atoms with E-state index in [0.717, 1.165) is 18.4 Å². The number of ether oxygens (including phenoxy) is 1. The lowest BCUT2D eigenvalue weighted by Crippen LogP contribution is -2.44. The van der Waals surface area contributed by atoms with E-state index in [1.807, 2.05) is 30.3 Å². The molecule has 1 aliphatic rings. The van der Waals surface area contributed by atoms with E-state index >= 15 is 0 Å². The third-order valence-corrected chi connectivity index (χ3v) is 3.05. The minimum Gasteiger partial charge on any atom is -0.468 e. The number of nitrogens with one attached hydrogen (secondary N) is 2. The lowest BCUT2D eigenvalue weighted by molar-refractivity contribution is -0.139. The highest BCUT2D eigenvalue weighted by atomic mass is 16.5. The smallest absolute Gasteiger partial charge is 0.325 e. The lowest BCUT2D eigenvalue weighted by Gasteiger charge is -2.18. The summed E-state index contributed by atoms with van der Waals surface area (Å²) in [6.45, 7) is -0.118. The number of hydrogen-bond acceptors (Lipinski definition) is 3. The van der Waals surface area contributed by atoms with Crippen LogP contribution in [0.15, 0.2) is 30.3 Å². The quantitative estimate of drug-likeness (QED) is 0.785. The highest BCUT2D eigenvalue weighted by Gasteiger charge is 2.45. The largest absolute Gasteiger partial charge is 0.468 e. The van der Waals surface area contributed by atoms with Gasteiger partial charge in [0.2, 0.25) is 0 Å². The van der Waals surface area contributed by atoms with Gasteiger partial charge in [-0.3, -0.25) is 4.79 Å². The number of hydrogen-bond donors (Lipinski definition) is 2. The molecule has 0 saturated heterocycles. The first-order valence-electron chi connectivity index (χ1n) is 5.85. The number of methoxy groups -OCH3 is 1. The van der Waals surface area contributed by atoms with E-state index < -0.39 is 5.97 Å². The number of rotatable bonds is 4. The van der Waals surface area contributed by atoms with Crippen molar-refractivity contribution in [3.8, 4) is 0 Å². The van der Waals surface area contributed by atoms with Crippen molar-refractivity contribution in [3.05, 3.63) is 35.9 Å². The summed E-state index contributed by atoms with van der Waals surface area (Å²) in [5.41, 5.74) is 0.833. The summed E-state index contributed by atoms with van der Waals surface area (Å²) in [7, 11) is 1.29. The molecule has 18 heavy (non-hydrogen) atoms. The zero-order chi connectivity index (χ0) is 13.0. The van der Waals surface area contributed by atoms with E-state index in [1.54, 1.807) is 0 Å². The van der Waals surface area contributed by atoms with Crippen molar-refractivity contribution < 1.29 is 14.3 Å². The SMILES string of the molecule is COC(=O)CNC(=O)NC1(c2ccccc2)CC1. The maximum absolute atomic E-state index is 11.7. The predicted molar refractivity (Wildman–Crippen MR) is 65.9 cm³/mol. The third-order valence-electron chi connectivity index (χ3n) is 3.05. The van der Waals surface area contributed by atoms with Gasteiger partial charge < -0.3 is 15.4 Å². The van der Waals surface area contributed by atoms with E-state index in [-0.39, 0.29) is 18.1 Å². The Morgan fingerprint density at radius 2 is 1.94 bits per heavy atom. The molecule has 2 amide bonds. The molecule has 0 aromatic heterocycles. The van der Waals surface area contributed by atoms with Crippen molar-refractivity contribution in [1.29, 1.82) is 0 Å². The van der Waals surface area contributed by atoms with Crippen LogP contribution in [-0.4, -0.2) is 25.7 Å². The second-order valence-corrected chi connectivity index (χ2v) is 4.33. The van der Waals surface area contributed by atoms with Crippen LogP contribution in [0.1, 0.15) is 18.4 Å². The van der Waals surface area contributed by atoms with Crippen LogP contribution in [0.5, 0.6) is 0 Å². The Bertz CT molecular complexity index is 441. The van der Waals surface area contributed by atoms with E-state index in [2.05, 4.69) is 15.4 Å².